The molecule has 1 fully saturated rings. The fourth-order valence-electron chi connectivity index (χ4n) is 4.06. The summed E-state index contributed by atoms with van der Waals surface area (Å²) in [7, 11) is 1.81. The van der Waals surface area contributed by atoms with Crippen molar-refractivity contribution >= 4 is 35.6 Å². The zero-order chi connectivity index (χ0) is 21.6. The van der Waals surface area contributed by atoms with Crippen LogP contribution in [0.15, 0.2) is 65.8 Å². The smallest absolute Gasteiger partial charge is 0.191 e. The number of aromatic nitrogens is 2. The van der Waals surface area contributed by atoms with Gasteiger partial charge < -0.3 is 15.5 Å². The summed E-state index contributed by atoms with van der Waals surface area (Å²) >= 11 is 0. The fourth-order valence-corrected chi connectivity index (χ4v) is 4.06. The fraction of sp³-hybridized carbons (Fsp3) is 0.360. The minimum atomic E-state index is 0. The number of aryl methyl sites for hydroxylation is 1. The highest BCUT2D eigenvalue weighted by molar-refractivity contribution is 14.0. The van der Waals surface area contributed by atoms with Crippen molar-refractivity contribution in [3.63, 3.8) is 0 Å². The Morgan fingerprint density at radius 3 is 2.59 bits per heavy atom. The number of aliphatic imine (C=N–C) groups is 1. The van der Waals surface area contributed by atoms with Crippen LogP contribution in [-0.4, -0.2) is 35.9 Å². The molecular formula is C25H33IN6. The molecule has 0 saturated carbocycles. The van der Waals surface area contributed by atoms with Gasteiger partial charge in [0.05, 0.1) is 17.4 Å². The van der Waals surface area contributed by atoms with Crippen molar-refractivity contribution in [1.82, 2.24) is 20.4 Å². The molecular weight excluding hydrogens is 511 g/mol. The number of hydrogen-bond donors (Lipinski definition) is 2. The lowest BCUT2D eigenvalue weighted by atomic mass is 10.1. The van der Waals surface area contributed by atoms with Gasteiger partial charge >= 0.3 is 0 Å². The van der Waals surface area contributed by atoms with Crippen LogP contribution in [0.3, 0.4) is 0 Å². The second-order valence-electron chi connectivity index (χ2n) is 8.11. The minimum absolute atomic E-state index is 0. The van der Waals surface area contributed by atoms with Gasteiger partial charge in [0.2, 0.25) is 0 Å². The van der Waals surface area contributed by atoms with E-state index in [-0.39, 0.29) is 30.0 Å². The minimum Gasteiger partial charge on any atom is -0.372 e. The van der Waals surface area contributed by atoms with Crippen molar-refractivity contribution in [2.75, 3.05) is 25.0 Å². The molecule has 2 heterocycles. The molecule has 0 bridgehead atoms. The molecule has 1 aliphatic rings. The summed E-state index contributed by atoms with van der Waals surface area (Å²) in [4.78, 5) is 6.91. The van der Waals surface area contributed by atoms with Crippen LogP contribution >= 0.6 is 24.0 Å². The van der Waals surface area contributed by atoms with Crippen molar-refractivity contribution in [2.45, 2.75) is 39.3 Å². The second kappa shape index (κ2) is 11.4. The molecule has 0 aliphatic carbocycles. The molecule has 2 N–H and O–H groups in total. The van der Waals surface area contributed by atoms with E-state index in [1.54, 1.807) is 0 Å². The summed E-state index contributed by atoms with van der Waals surface area (Å²) in [6.45, 7) is 7.16. The third-order valence-corrected chi connectivity index (χ3v) is 5.83. The summed E-state index contributed by atoms with van der Waals surface area (Å²) < 4.78 is 1.93. The summed E-state index contributed by atoms with van der Waals surface area (Å²) in [6, 6.07) is 19.3. The third-order valence-electron chi connectivity index (χ3n) is 5.83. The Morgan fingerprint density at radius 2 is 1.88 bits per heavy atom. The van der Waals surface area contributed by atoms with Crippen molar-refractivity contribution < 1.29 is 0 Å². The Hall–Kier alpha value is -2.55. The predicted molar refractivity (Wildman–Crippen MR) is 143 cm³/mol. The largest absolute Gasteiger partial charge is 0.372 e. The first-order valence-corrected chi connectivity index (χ1v) is 11.1. The molecule has 170 valence electrons. The van der Waals surface area contributed by atoms with E-state index < -0.39 is 0 Å². The lowest BCUT2D eigenvalue weighted by molar-refractivity contribution is 0.683. The zero-order valence-electron chi connectivity index (χ0n) is 19.1. The molecule has 3 aromatic rings. The van der Waals surface area contributed by atoms with Crippen LogP contribution < -0.4 is 15.5 Å². The Balaban J connectivity index is 0.00000289. The van der Waals surface area contributed by atoms with Crippen LogP contribution in [0.4, 0.5) is 5.69 Å². The molecule has 2 aromatic carbocycles. The Bertz CT molecular complexity index is 1040. The first-order chi connectivity index (χ1) is 15.1. The highest BCUT2D eigenvalue weighted by Crippen LogP contribution is 2.24. The maximum Gasteiger partial charge on any atom is 0.191 e. The summed E-state index contributed by atoms with van der Waals surface area (Å²) in [6.07, 6.45) is 4.57. The van der Waals surface area contributed by atoms with Crippen LogP contribution in [0.5, 0.6) is 0 Å². The lowest BCUT2D eigenvalue weighted by Gasteiger charge is -2.22. The molecule has 0 amide bonds. The number of hydrogen-bond acceptors (Lipinski definition) is 3. The number of guanidine groups is 1. The Labute approximate surface area is 208 Å². The Kier molecular flexibility index (Phi) is 8.55. The normalized spacial score (nSPS) is 14.7. The van der Waals surface area contributed by atoms with Gasteiger partial charge in [0, 0.05) is 38.6 Å². The number of halogens is 1. The van der Waals surface area contributed by atoms with Gasteiger partial charge in [-0.25, -0.2) is 4.68 Å². The number of nitrogens with one attached hydrogen (secondary N) is 2. The summed E-state index contributed by atoms with van der Waals surface area (Å²) in [5.41, 5.74) is 5.82. The van der Waals surface area contributed by atoms with Crippen molar-refractivity contribution in [3.8, 4) is 5.69 Å². The molecule has 6 nitrogen and oxygen atoms in total. The molecule has 4 rings (SSSR count). The van der Waals surface area contributed by atoms with Crippen molar-refractivity contribution in [3.05, 3.63) is 77.6 Å². The van der Waals surface area contributed by atoms with Gasteiger partial charge in [-0.1, -0.05) is 30.3 Å². The lowest BCUT2D eigenvalue weighted by Crippen LogP contribution is -2.38. The first kappa shape index (κ1) is 24.1. The quantitative estimate of drug-likeness (QED) is 0.266. The first-order valence-electron chi connectivity index (χ1n) is 11.1. The molecule has 1 unspecified atom stereocenters. The number of para-hydroxylation sites is 1. The highest BCUT2D eigenvalue weighted by Gasteiger charge is 2.15. The van der Waals surface area contributed by atoms with Gasteiger partial charge in [-0.15, -0.1) is 24.0 Å². The molecule has 1 saturated heterocycles. The maximum absolute atomic E-state index is 4.56. The zero-order valence-corrected chi connectivity index (χ0v) is 21.4. The van der Waals surface area contributed by atoms with E-state index >= 15 is 0 Å². The molecule has 0 radical (unpaired) electrons. The molecule has 7 heteroatoms. The van der Waals surface area contributed by atoms with Gasteiger partial charge in [-0.05, 0) is 62.1 Å². The van der Waals surface area contributed by atoms with Gasteiger partial charge in [-0.3, -0.25) is 4.99 Å². The van der Waals surface area contributed by atoms with E-state index in [9.17, 15) is 0 Å². The van der Waals surface area contributed by atoms with E-state index in [1.807, 2.05) is 37.0 Å². The van der Waals surface area contributed by atoms with Crippen LogP contribution in [0.1, 0.15) is 42.6 Å². The number of rotatable bonds is 6. The molecule has 32 heavy (non-hydrogen) atoms. The summed E-state index contributed by atoms with van der Waals surface area (Å²) in [5, 5.41) is 11.5. The SMILES string of the molecule is CN=C(NCc1ccccc1-n1ccc(C)n1)NC(C)c1cccc(N2CCCC2)c1.I. The number of nitrogens with zero attached hydrogens (tertiary/aromatic N) is 4. The van der Waals surface area contributed by atoms with E-state index in [1.165, 1.54) is 24.1 Å². The second-order valence-corrected chi connectivity index (χ2v) is 8.11. The molecule has 1 aromatic heterocycles. The van der Waals surface area contributed by atoms with Crippen molar-refractivity contribution in [1.29, 1.82) is 0 Å². The predicted octanol–water partition coefficient (Wildman–Crippen LogP) is 4.83. The highest BCUT2D eigenvalue weighted by atomic mass is 127. The number of benzene rings is 2. The monoisotopic (exact) mass is 544 g/mol. The molecule has 0 spiro atoms. The van der Waals surface area contributed by atoms with Gasteiger partial charge in [0.15, 0.2) is 5.96 Å². The van der Waals surface area contributed by atoms with Crippen LogP contribution in [-0.2, 0) is 6.54 Å². The van der Waals surface area contributed by atoms with Gasteiger partial charge in [-0.2, -0.15) is 5.10 Å². The molecule has 1 aliphatic heterocycles. The van der Waals surface area contributed by atoms with Crippen molar-refractivity contribution in [2.24, 2.45) is 4.99 Å². The van der Waals surface area contributed by atoms with E-state index in [0.29, 0.717) is 6.54 Å². The van der Waals surface area contributed by atoms with E-state index in [0.717, 1.165) is 36.0 Å². The average Bonchev–Trinajstić information content (AvgIpc) is 3.49. The van der Waals surface area contributed by atoms with Crippen LogP contribution in [0, 0.1) is 6.92 Å². The standard InChI is InChI=1S/C25H32N6.HI/c1-19-13-16-31(29-19)24-12-5-4-9-22(24)18-27-25(26-3)28-20(2)21-10-8-11-23(17-21)30-14-6-7-15-30;/h4-5,8-13,16-17,20H,6-7,14-15,18H2,1-3H3,(H2,26,27,28);1H. The third kappa shape index (κ3) is 5.82. The maximum atomic E-state index is 4.56. The van der Waals surface area contributed by atoms with Crippen LogP contribution in [0.2, 0.25) is 0 Å². The molecule has 1 atom stereocenters. The topological polar surface area (TPSA) is 57.5 Å². The van der Waals surface area contributed by atoms with Gasteiger partial charge in [0.1, 0.15) is 0 Å². The Morgan fingerprint density at radius 1 is 1.09 bits per heavy atom. The summed E-state index contributed by atoms with van der Waals surface area (Å²) in [5.74, 6) is 0.783. The average molecular weight is 544 g/mol. The van der Waals surface area contributed by atoms with E-state index in [4.69, 9.17) is 0 Å². The number of anilines is 1. The van der Waals surface area contributed by atoms with Gasteiger partial charge in [0.25, 0.3) is 0 Å². The van der Waals surface area contributed by atoms with E-state index in [2.05, 4.69) is 75.0 Å². The van der Waals surface area contributed by atoms with Crippen LogP contribution in [0.25, 0.3) is 5.69 Å².